The van der Waals surface area contributed by atoms with Crippen LogP contribution in [0.4, 0.5) is 5.69 Å². The van der Waals surface area contributed by atoms with Crippen LogP contribution in [0.2, 0.25) is 0 Å². The first-order chi connectivity index (χ1) is 18.7. The van der Waals surface area contributed by atoms with E-state index in [1.54, 1.807) is 9.80 Å². The number of rotatable bonds is 4. The fourth-order valence-electron chi connectivity index (χ4n) is 6.98. The molecule has 2 fully saturated rings. The Morgan fingerprint density at radius 3 is 2.54 bits per heavy atom. The number of ether oxygens (including phenoxy) is 1. The third-order valence-corrected chi connectivity index (χ3v) is 10.6. The summed E-state index contributed by atoms with van der Waals surface area (Å²) in [7, 11) is 0. The maximum absolute atomic E-state index is 14.7. The lowest BCUT2D eigenvalue weighted by molar-refractivity contribution is -0.154. The quantitative estimate of drug-likeness (QED) is 0.462. The molecular formula is C31H34N2O5S. The number of aliphatic hydroxyl groups excluding tert-OH is 1. The van der Waals surface area contributed by atoms with E-state index in [4.69, 9.17) is 4.74 Å². The van der Waals surface area contributed by atoms with Gasteiger partial charge in [-0.2, -0.15) is 0 Å². The number of thioether (sulfide) groups is 1. The van der Waals surface area contributed by atoms with Gasteiger partial charge in [-0.05, 0) is 42.2 Å². The minimum Gasteiger partial charge on any atom is -0.465 e. The molecule has 0 aromatic heterocycles. The van der Waals surface area contributed by atoms with Crippen molar-refractivity contribution in [3.05, 3.63) is 66.8 Å². The standard InChI is InChI=1S/C31H34N2O5S/c1-19(2)23(18-34)33-26-28(36)32(22-12-11-20-9-4-5-10-21(20)17-22)15-8-14-31(26)24(27(33)35)25-29(37)38-16-7-6-13-30(25,3)39-31/h4-6,8-14,17,19,23-26,34H,7,15-16,18H2,1-3H3/t23-,24-,25+,26?,30-,31-/m0/s1. The van der Waals surface area contributed by atoms with Gasteiger partial charge in [-0.1, -0.05) is 68.5 Å². The maximum atomic E-state index is 14.7. The number of anilines is 1. The van der Waals surface area contributed by atoms with Crippen LogP contribution in [-0.4, -0.2) is 69.1 Å². The van der Waals surface area contributed by atoms with Crippen LogP contribution < -0.4 is 4.90 Å². The van der Waals surface area contributed by atoms with Gasteiger partial charge in [0.25, 0.3) is 5.91 Å². The van der Waals surface area contributed by atoms with Gasteiger partial charge in [-0.25, -0.2) is 0 Å². The van der Waals surface area contributed by atoms with Crippen molar-refractivity contribution in [1.29, 1.82) is 0 Å². The lowest BCUT2D eigenvalue weighted by Gasteiger charge is -2.41. The highest BCUT2D eigenvalue weighted by atomic mass is 32.2. The van der Waals surface area contributed by atoms with Crippen LogP contribution >= 0.6 is 11.8 Å². The Hall–Kier alpha value is -3.10. The van der Waals surface area contributed by atoms with Gasteiger partial charge in [0.15, 0.2) is 0 Å². The van der Waals surface area contributed by atoms with Gasteiger partial charge in [0.05, 0.1) is 35.8 Å². The minimum absolute atomic E-state index is 0.0930. The van der Waals surface area contributed by atoms with Crippen LogP contribution in [0, 0.1) is 17.8 Å². The highest BCUT2D eigenvalue weighted by Crippen LogP contribution is 2.65. The van der Waals surface area contributed by atoms with Crippen LogP contribution in [0.15, 0.2) is 66.8 Å². The molecule has 4 aliphatic heterocycles. The van der Waals surface area contributed by atoms with Crippen molar-refractivity contribution in [2.24, 2.45) is 17.8 Å². The Balaban J connectivity index is 1.52. The number of esters is 1. The predicted molar refractivity (Wildman–Crippen MR) is 152 cm³/mol. The number of amides is 2. The third-order valence-electron chi connectivity index (χ3n) is 8.82. The van der Waals surface area contributed by atoms with E-state index in [9.17, 15) is 19.5 Å². The van der Waals surface area contributed by atoms with Gasteiger partial charge in [0.2, 0.25) is 5.91 Å². The molecule has 39 heavy (non-hydrogen) atoms. The van der Waals surface area contributed by atoms with Crippen LogP contribution in [0.1, 0.15) is 27.2 Å². The molecule has 7 nitrogen and oxygen atoms in total. The fourth-order valence-corrected chi connectivity index (χ4v) is 9.12. The first kappa shape index (κ1) is 26.1. The SMILES string of the molecule is CC(C)[C@H](CO)N1C(=O)[C@@H]2[C@@H]3C(=O)OCCC=C[C@]3(C)S[C@@]23C=CCN(c2ccc4ccccc4c2)C(=O)C13. The van der Waals surface area contributed by atoms with E-state index in [2.05, 4.69) is 0 Å². The Kier molecular flexibility index (Phi) is 6.38. The van der Waals surface area contributed by atoms with Gasteiger partial charge < -0.3 is 19.6 Å². The van der Waals surface area contributed by atoms with E-state index in [1.807, 2.05) is 87.5 Å². The zero-order valence-electron chi connectivity index (χ0n) is 22.4. The van der Waals surface area contributed by atoms with E-state index in [-0.39, 0.29) is 30.9 Å². The Labute approximate surface area is 232 Å². The monoisotopic (exact) mass is 546 g/mol. The molecule has 0 aliphatic carbocycles. The molecule has 2 amide bonds. The second-order valence-electron chi connectivity index (χ2n) is 11.5. The topological polar surface area (TPSA) is 87.2 Å². The number of hydrogen-bond donors (Lipinski definition) is 1. The molecule has 0 bridgehead atoms. The summed E-state index contributed by atoms with van der Waals surface area (Å²) in [5.74, 6) is -2.48. The van der Waals surface area contributed by atoms with Gasteiger partial charge in [0.1, 0.15) is 6.04 Å². The van der Waals surface area contributed by atoms with Crippen LogP contribution in [0.25, 0.3) is 10.8 Å². The van der Waals surface area contributed by atoms with Crippen molar-refractivity contribution in [3.63, 3.8) is 0 Å². The average Bonchev–Trinajstić information content (AvgIpc) is 3.22. The summed E-state index contributed by atoms with van der Waals surface area (Å²) in [5.41, 5.74) is 0.751. The van der Waals surface area contributed by atoms with Crippen molar-refractivity contribution in [2.45, 2.75) is 48.8 Å². The van der Waals surface area contributed by atoms with Crippen LogP contribution in [0.5, 0.6) is 0 Å². The molecule has 0 saturated carbocycles. The molecular weight excluding hydrogens is 512 g/mol. The molecule has 1 unspecified atom stereocenters. The largest absolute Gasteiger partial charge is 0.465 e. The molecule has 2 aromatic rings. The highest BCUT2D eigenvalue weighted by Gasteiger charge is 2.74. The number of carbonyl (C=O) groups excluding carboxylic acids is 3. The Morgan fingerprint density at radius 2 is 1.79 bits per heavy atom. The molecule has 6 rings (SSSR count). The lowest BCUT2D eigenvalue weighted by atomic mass is 9.74. The van der Waals surface area contributed by atoms with Gasteiger partial charge in [-0.3, -0.25) is 14.4 Å². The lowest BCUT2D eigenvalue weighted by Crippen LogP contribution is -2.58. The number of benzene rings is 2. The summed E-state index contributed by atoms with van der Waals surface area (Å²) in [6, 6.07) is 12.5. The number of carbonyl (C=O) groups is 3. The van der Waals surface area contributed by atoms with Gasteiger partial charge in [-0.15, -0.1) is 11.8 Å². The average molecular weight is 547 g/mol. The van der Waals surface area contributed by atoms with Gasteiger partial charge >= 0.3 is 5.97 Å². The zero-order valence-corrected chi connectivity index (χ0v) is 23.3. The summed E-state index contributed by atoms with van der Waals surface area (Å²) < 4.78 is 3.92. The molecule has 2 saturated heterocycles. The molecule has 6 atom stereocenters. The summed E-state index contributed by atoms with van der Waals surface area (Å²) in [4.78, 5) is 45.9. The van der Waals surface area contributed by atoms with E-state index in [0.717, 1.165) is 16.5 Å². The van der Waals surface area contributed by atoms with Crippen molar-refractivity contribution in [1.82, 2.24) is 4.90 Å². The molecule has 2 aromatic carbocycles. The summed E-state index contributed by atoms with van der Waals surface area (Å²) in [5, 5.41) is 12.6. The first-order valence-electron chi connectivity index (χ1n) is 13.7. The summed E-state index contributed by atoms with van der Waals surface area (Å²) in [6.45, 7) is 6.20. The van der Waals surface area contributed by atoms with E-state index in [0.29, 0.717) is 13.0 Å². The molecule has 4 aliphatic rings. The normalized spacial score (nSPS) is 32.9. The Morgan fingerprint density at radius 1 is 1.03 bits per heavy atom. The molecule has 8 heteroatoms. The van der Waals surface area contributed by atoms with E-state index >= 15 is 0 Å². The molecule has 204 valence electrons. The number of nitrogens with zero attached hydrogens (tertiary/aromatic N) is 2. The number of cyclic esters (lactones) is 1. The van der Waals surface area contributed by atoms with Crippen molar-refractivity contribution in [3.8, 4) is 0 Å². The van der Waals surface area contributed by atoms with E-state index in [1.165, 1.54) is 11.8 Å². The third kappa shape index (κ3) is 3.86. The van der Waals surface area contributed by atoms with E-state index < -0.39 is 39.4 Å². The second kappa shape index (κ2) is 9.52. The second-order valence-corrected chi connectivity index (χ2v) is 13.3. The van der Waals surface area contributed by atoms with Crippen molar-refractivity contribution >= 4 is 46.0 Å². The van der Waals surface area contributed by atoms with Gasteiger partial charge in [0, 0.05) is 17.0 Å². The van der Waals surface area contributed by atoms with Crippen LogP contribution in [0.3, 0.4) is 0 Å². The molecule has 1 spiro atoms. The number of aliphatic hydroxyl groups is 1. The first-order valence-corrected chi connectivity index (χ1v) is 14.5. The Bertz CT molecular complexity index is 1400. The zero-order chi connectivity index (χ0) is 27.5. The van der Waals surface area contributed by atoms with Crippen molar-refractivity contribution < 1.29 is 24.2 Å². The molecule has 0 radical (unpaired) electrons. The minimum atomic E-state index is -0.977. The summed E-state index contributed by atoms with van der Waals surface area (Å²) in [6.07, 6.45) is 8.61. The maximum Gasteiger partial charge on any atom is 0.311 e. The molecule has 4 heterocycles. The molecule has 1 N–H and O–H groups in total. The number of fused-ring (bicyclic) bond motifs is 3. The summed E-state index contributed by atoms with van der Waals surface area (Å²) >= 11 is 1.52. The highest BCUT2D eigenvalue weighted by molar-refractivity contribution is 8.02. The smallest absolute Gasteiger partial charge is 0.311 e. The van der Waals surface area contributed by atoms with Crippen LogP contribution in [-0.2, 0) is 19.1 Å². The predicted octanol–water partition coefficient (Wildman–Crippen LogP) is 3.95. The number of hydrogen-bond acceptors (Lipinski definition) is 6. The fraction of sp³-hybridized carbons (Fsp3) is 0.452. The number of likely N-dealkylation sites (tertiary alicyclic amines) is 1. The van der Waals surface area contributed by atoms with Crippen molar-refractivity contribution in [2.75, 3.05) is 24.7 Å².